The minimum absolute atomic E-state index is 0.0385. The first-order valence-electron chi connectivity index (χ1n) is 20.9. The Morgan fingerprint density at radius 1 is 0.350 bits per heavy atom. The first kappa shape index (κ1) is 55.3. The van der Waals surface area contributed by atoms with Crippen molar-refractivity contribution < 1.29 is 38.5 Å². The van der Waals surface area contributed by atoms with E-state index in [4.69, 9.17) is 23.6 Å². The van der Waals surface area contributed by atoms with Crippen molar-refractivity contribution >= 4 is 23.6 Å². The number of nitrogens with zero attached hydrogens (tertiary/aromatic N) is 8. The Bertz CT molecular complexity index is 938. The van der Waals surface area contributed by atoms with Crippen molar-refractivity contribution in [2.75, 3.05) is 212 Å². The monoisotopic (exact) mass is 875 g/mol. The van der Waals surface area contributed by atoms with Crippen molar-refractivity contribution in [1.82, 2.24) is 60.5 Å². The molecular weight excluding hydrogens is 794 g/mol. The molecule has 0 spiro atoms. The zero-order valence-corrected chi connectivity index (χ0v) is 37.0. The fraction of sp³-hybridized carbons (Fsp3) is 0.889. The summed E-state index contributed by atoms with van der Waals surface area (Å²) >= 11 is 0. The van der Waals surface area contributed by atoms with Gasteiger partial charge in [-0.3, -0.25) is 38.8 Å². The first-order valence-corrected chi connectivity index (χ1v) is 20.9. The highest BCUT2D eigenvalue weighted by atomic mass is 16.6. The molecule has 24 nitrogen and oxygen atoms in total. The maximum absolute atomic E-state index is 11.4. The number of amides is 4. The van der Waals surface area contributed by atoms with Gasteiger partial charge in [0.2, 0.25) is 23.6 Å². The number of carbonyl (C=O) groups is 4. The molecule has 0 unspecified atom stereocenters. The second-order valence-corrected chi connectivity index (χ2v) is 15.2. The van der Waals surface area contributed by atoms with Gasteiger partial charge in [-0.25, -0.2) is 23.6 Å². The molecular formula is C36H80N16O8. The predicted octanol–water partition coefficient (Wildman–Crippen LogP) is -7.04. The SMILES string of the molecule is CN1CCN([13CH2]C(=O)NCCON)CC1.CN1CC[15N](CC(=O)NCCON)[13CH2][13CH2]1.CN1CC[15N]([13CH2]C(=O)NCCON)CC1.CN1CC[15N]([13CH2]C(=O)NCCON)[13CH2][13CH2]1. The van der Waals surface area contributed by atoms with E-state index < -0.39 is 0 Å². The fourth-order valence-electron chi connectivity index (χ4n) is 6.06. The second kappa shape index (κ2) is 35.8. The first-order chi connectivity index (χ1) is 28.9. The number of rotatable bonds is 20. The number of nitrogens with two attached hydrogens (primary N) is 4. The molecule has 4 amide bonds. The molecule has 0 radical (unpaired) electrons. The Labute approximate surface area is 357 Å². The van der Waals surface area contributed by atoms with Crippen LogP contribution in [0, 0.1) is 0 Å². The number of hydrogen-bond donors (Lipinski definition) is 8. The van der Waals surface area contributed by atoms with Crippen LogP contribution in [-0.2, 0) is 38.5 Å². The van der Waals surface area contributed by atoms with Crippen LogP contribution < -0.4 is 44.9 Å². The summed E-state index contributed by atoms with van der Waals surface area (Å²) in [5.74, 6) is 19.5. The van der Waals surface area contributed by atoms with Crippen molar-refractivity contribution in [2.24, 2.45) is 23.6 Å². The minimum atomic E-state index is 0.0385. The van der Waals surface area contributed by atoms with Crippen molar-refractivity contribution in [3.63, 3.8) is 0 Å². The van der Waals surface area contributed by atoms with E-state index in [0.29, 0.717) is 78.8 Å². The smallest absolute Gasteiger partial charge is 0.234 e. The maximum Gasteiger partial charge on any atom is 0.234 e. The highest BCUT2D eigenvalue weighted by molar-refractivity contribution is 5.79. The lowest BCUT2D eigenvalue weighted by Crippen LogP contribution is -2.48. The Hall–Kier alpha value is -2.76. The average molecular weight is 875 g/mol. The van der Waals surface area contributed by atoms with E-state index in [0.717, 1.165) is 105 Å². The molecule has 4 heterocycles. The molecule has 4 fully saturated rings. The molecule has 12 N–H and O–H groups in total. The molecule has 0 atom stereocenters. The molecule has 0 bridgehead atoms. The van der Waals surface area contributed by atoms with Crippen LogP contribution in [0.3, 0.4) is 0 Å². The molecule has 4 aliphatic rings. The van der Waals surface area contributed by atoms with E-state index in [2.05, 4.69) is 108 Å². The molecule has 24 heteroatoms. The van der Waals surface area contributed by atoms with Crippen LogP contribution in [0.1, 0.15) is 0 Å². The highest BCUT2D eigenvalue weighted by Crippen LogP contribution is 2.00. The van der Waals surface area contributed by atoms with Crippen molar-refractivity contribution in [2.45, 2.75) is 0 Å². The van der Waals surface area contributed by atoms with Gasteiger partial charge in [-0.1, -0.05) is 0 Å². The lowest BCUT2D eigenvalue weighted by molar-refractivity contribution is -0.123. The Kier molecular flexibility index (Phi) is 33.0. The summed E-state index contributed by atoms with van der Waals surface area (Å²) in [7, 11) is 8.37. The van der Waals surface area contributed by atoms with Crippen LogP contribution in [0.5, 0.6) is 0 Å². The highest BCUT2D eigenvalue weighted by Gasteiger charge is 2.19. The van der Waals surface area contributed by atoms with E-state index in [1.807, 2.05) is 0 Å². The molecule has 60 heavy (non-hydrogen) atoms. The Balaban J connectivity index is 0.000000400. The van der Waals surface area contributed by atoms with E-state index in [9.17, 15) is 19.2 Å². The summed E-state index contributed by atoms with van der Waals surface area (Å²) in [6.07, 6.45) is 0. The van der Waals surface area contributed by atoms with Crippen LogP contribution in [0.15, 0.2) is 0 Å². The normalized spacial score (nSPS) is 19.1. The van der Waals surface area contributed by atoms with Gasteiger partial charge in [0.25, 0.3) is 0 Å². The van der Waals surface area contributed by atoms with Crippen LogP contribution in [0.2, 0.25) is 0 Å². The lowest BCUT2D eigenvalue weighted by atomic mass is 10.4. The molecule has 0 saturated carbocycles. The number of hydrogen-bond acceptors (Lipinski definition) is 20. The summed E-state index contributed by atoms with van der Waals surface area (Å²) in [4.78, 5) is 80.7. The average Bonchev–Trinajstić information content (AvgIpc) is 3.22. The van der Waals surface area contributed by atoms with Gasteiger partial charge in [0, 0.05) is 131 Å². The standard InChI is InChI=1S/4C9H20N4O2/c4*1-12-3-5-13(6-4-12)8-9(14)11-2-7-15-10/h4*2-8,10H2,1H3,(H,11,14)/i3+1,5+1,8+1,13+1;3+1,5+1,13+1;8+1,13+1;8+1. The van der Waals surface area contributed by atoms with Crippen molar-refractivity contribution in [3.05, 3.63) is 0 Å². The largest absolute Gasteiger partial charge is 0.353 e. The zero-order valence-electron chi connectivity index (χ0n) is 37.0. The summed E-state index contributed by atoms with van der Waals surface area (Å²) in [6, 6.07) is 0. The molecule has 4 aliphatic heterocycles. The van der Waals surface area contributed by atoms with Gasteiger partial charge < -0.3 is 60.2 Å². The van der Waals surface area contributed by atoms with Gasteiger partial charge in [0.15, 0.2) is 0 Å². The molecule has 0 aromatic carbocycles. The maximum atomic E-state index is 11.4. The summed E-state index contributed by atoms with van der Waals surface area (Å²) in [5, 5.41) is 11.0. The minimum Gasteiger partial charge on any atom is -0.353 e. The topological polar surface area (TPSA) is 283 Å². The van der Waals surface area contributed by atoms with Gasteiger partial charge in [-0.15, -0.1) is 0 Å². The number of likely N-dealkylation sites (N-methyl/N-ethyl adjacent to an activating group) is 4. The molecule has 4 rings (SSSR count). The van der Waals surface area contributed by atoms with Crippen LogP contribution in [0.25, 0.3) is 0 Å². The number of piperazine rings is 4. The second-order valence-electron chi connectivity index (χ2n) is 15.2. The van der Waals surface area contributed by atoms with Crippen LogP contribution in [-0.4, -0.2) is 275 Å². The lowest BCUT2D eigenvalue weighted by Gasteiger charge is -2.31. The van der Waals surface area contributed by atoms with Gasteiger partial charge in [0.1, 0.15) is 0 Å². The van der Waals surface area contributed by atoms with Gasteiger partial charge in [0.05, 0.1) is 52.6 Å². The van der Waals surface area contributed by atoms with Crippen molar-refractivity contribution in [1.29, 1.82) is 0 Å². The third-order valence-corrected chi connectivity index (χ3v) is 10.0. The van der Waals surface area contributed by atoms with E-state index in [-0.39, 0.29) is 23.6 Å². The summed E-state index contributed by atoms with van der Waals surface area (Å²) in [6.45, 7) is 21.1. The quantitative estimate of drug-likeness (QED) is 0.0244. The van der Waals surface area contributed by atoms with Gasteiger partial charge >= 0.3 is 0 Å². The molecule has 0 aromatic rings. The van der Waals surface area contributed by atoms with Crippen molar-refractivity contribution in [3.8, 4) is 0 Å². The van der Waals surface area contributed by atoms with Crippen LogP contribution >= 0.6 is 0 Å². The number of nitrogens with one attached hydrogen (secondary N) is 4. The van der Waals surface area contributed by atoms with E-state index in [1.165, 1.54) is 0 Å². The van der Waals surface area contributed by atoms with Gasteiger partial charge in [-0.05, 0) is 28.2 Å². The molecule has 352 valence electrons. The zero-order chi connectivity index (χ0) is 44.4. The number of carbonyl (C=O) groups excluding carboxylic acids is 4. The Morgan fingerprint density at radius 3 is 0.667 bits per heavy atom. The van der Waals surface area contributed by atoms with E-state index >= 15 is 0 Å². The fourth-order valence-corrected chi connectivity index (χ4v) is 6.06. The summed E-state index contributed by atoms with van der Waals surface area (Å²) in [5.41, 5.74) is 0. The van der Waals surface area contributed by atoms with Crippen LogP contribution in [0.4, 0.5) is 0 Å². The molecule has 4 saturated heterocycles. The predicted molar refractivity (Wildman–Crippen MR) is 228 cm³/mol. The van der Waals surface area contributed by atoms with E-state index in [1.54, 1.807) is 0 Å². The molecule has 0 aliphatic carbocycles. The third-order valence-electron chi connectivity index (χ3n) is 10.0. The summed E-state index contributed by atoms with van der Waals surface area (Å²) < 4.78 is 0. The Morgan fingerprint density at radius 2 is 0.517 bits per heavy atom. The van der Waals surface area contributed by atoms with Gasteiger partial charge in [-0.2, -0.15) is 0 Å². The third kappa shape index (κ3) is 30.3. The molecule has 0 aromatic heterocycles.